The third kappa shape index (κ3) is 5.12. The molecule has 0 aromatic heterocycles. The van der Waals surface area contributed by atoms with Gasteiger partial charge in [0, 0.05) is 11.3 Å². The highest BCUT2D eigenvalue weighted by Crippen LogP contribution is 2.49. The summed E-state index contributed by atoms with van der Waals surface area (Å²) in [5, 5.41) is 2.66. The first kappa shape index (κ1) is 27.2. The number of ketones is 2. The Morgan fingerprint density at radius 3 is 2.59 bits per heavy atom. The van der Waals surface area contributed by atoms with E-state index in [1.807, 2.05) is 6.92 Å². The van der Waals surface area contributed by atoms with E-state index in [-0.39, 0.29) is 28.1 Å². The van der Waals surface area contributed by atoms with Crippen LogP contribution in [0.2, 0.25) is 0 Å². The van der Waals surface area contributed by atoms with Gasteiger partial charge >= 0.3 is 7.52 Å². The van der Waals surface area contributed by atoms with E-state index in [2.05, 4.69) is 21.7 Å². The molecular weight excluding hydrogens is 520 g/mol. The average Bonchev–Trinajstić information content (AvgIpc) is 2.80. The third-order valence-electron chi connectivity index (χ3n) is 7.14. The molecule has 1 aliphatic heterocycles. The first-order chi connectivity index (χ1) is 17.2. The van der Waals surface area contributed by atoms with Gasteiger partial charge in [0.05, 0.1) is 22.7 Å². The molecule has 1 heterocycles. The molecule has 0 radical (unpaired) electrons. The van der Waals surface area contributed by atoms with E-state index in [1.165, 1.54) is 30.3 Å². The van der Waals surface area contributed by atoms with Crippen LogP contribution in [-0.2, 0) is 24.8 Å². The average molecular weight is 550 g/mol. The van der Waals surface area contributed by atoms with Crippen molar-refractivity contribution in [1.29, 1.82) is 0 Å². The minimum Gasteiger partial charge on any atom is -0.342 e. The first-order valence-electron chi connectivity index (χ1n) is 11.9. The monoisotopic (exact) mass is 549 g/mol. The number of nitrogens with one attached hydrogen (secondary N) is 2. The van der Waals surface area contributed by atoms with Crippen LogP contribution in [0.15, 0.2) is 41.2 Å². The number of rotatable bonds is 7. The molecule has 0 fully saturated rings. The molecule has 2 aromatic rings. The summed E-state index contributed by atoms with van der Waals surface area (Å²) in [5.41, 5.74) is -0.487. The first-order valence-corrected chi connectivity index (χ1v) is 15.4. The number of hydrogen-bond donors (Lipinski definition) is 3. The number of benzene rings is 2. The molecule has 0 spiro atoms. The summed E-state index contributed by atoms with van der Waals surface area (Å²) >= 11 is 0. The van der Waals surface area contributed by atoms with Gasteiger partial charge in [0.1, 0.15) is 17.6 Å². The summed E-state index contributed by atoms with van der Waals surface area (Å²) in [6.07, 6.45) is 2.94. The van der Waals surface area contributed by atoms with Crippen molar-refractivity contribution in [2.24, 2.45) is 16.6 Å². The van der Waals surface area contributed by atoms with E-state index < -0.39 is 46.3 Å². The van der Waals surface area contributed by atoms with Gasteiger partial charge in [-0.3, -0.25) is 18.9 Å². The predicted molar refractivity (Wildman–Crippen MR) is 141 cm³/mol. The number of sulfonamides is 1. The highest BCUT2D eigenvalue weighted by molar-refractivity contribution is 7.92. The zero-order valence-electron chi connectivity index (χ0n) is 20.9. The van der Waals surface area contributed by atoms with Gasteiger partial charge in [-0.15, -0.1) is 0 Å². The highest BCUT2D eigenvalue weighted by atomic mass is 32.2. The van der Waals surface area contributed by atoms with E-state index in [0.29, 0.717) is 24.3 Å². The fraction of sp³-hybridized carbons (Fsp3) is 0.400. The number of carbonyl (C=O) groups is 2. The summed E-state index contributed by atoms with van der Waals surface area (Å²) < 4.78 is 56.7. The standard InChI is InChI=1S/C25H29FN3O6PS/c1-5-14(2)10-11-25(3)18-8-6-15(26)12-17(18)22(30)21(23(25)31)24-27-19-9-7-16(29-37(4,34)35)13-20(19)36(32,33)28-24/h6-9,12-14,21,29H,5,10-11H2,1-4H3,(H2,27,28,32,33). The van der Waals surface area contributed by atoms with Crippen LogP contribution >= 0.6 is 7.52 Å². The quantitative estimate of drug-likeness (QED) is 0.350. The number of halogens is 1. The molecule has 4 unspecified atom stereocenters. The molecule has 0 bridgehead atoms. The minimum atomic E-state index is -4.50. The lowest BCUT2D eigenvalue weighted by molar-refractivity contribution is -0.125. The Hall–Kier alpha value is -2.88. The van der Waals surface area contributed by atoms with Gasteiger partial charge < -0.3 is 10.2 Å². The molecule has 0 amide bonds. The van der Waals surface area contributed by atoms with E-state index in [0.717, 1.165) is 18.7 Å². The van der Waals surface area contributed by atoms with Crippen LogP contribution in [0.4, 0.5) is 15.8 Å². The summed E-state index contributed by atoms with van der Waals surface area (Å²) in [5.74, 6) is -3.32. The molecule has 12 heteroatoms. The summed E-state index contributed by atoms with van der Waals surface area (Å²) in [6, 6.07) is 7.70. The van der Waals surface area contributed by atoms with Gasteiger partial charge in [0.15, 0.2) is 11.6 Å². The second kappa shape index (κ2) is 9.45. The van der Waals surface area contributed by atoms with Gasteiger partial charge in [-0.05, 0) is 61.6 Å². The Labute approximate surface area is 215 Å². The lowest BCUT2D eigenvalue weighted by atomic mass is 9.63. The molecule has 3 N–H and O–H groups in total. The van der Waals surface area contributed by atoms with Crippen molar-refractivity contribution >= 4 is 51.6 Å². The molecule has 2 aliphatic rings. The second-order valence-corrected chi connectivity index (χ2v) is 13.5. The SMILES string of the molecule is CCC(C)CCC1(C)C(=O)C(C2=NP(=O)(O)c3cc(NS(C)(=O)=O)ccc3N2)C(=O)c2cc(F)ccc21. The van der Waals surface area contributed by atoms with Gasteiger partial charge in [-0.1, -0.05) is 26.3 Å². The maximum Gasteiger partial charge on any atom is 0.345 e. The zero-order chi connectivity index (χ0) is 27.3. The molecule has 198 valence electrons. The van der Waals surface area contributed by atoms with Gasteiger partial charge in [0.25, 0.3) is 0 Å². The summed E-state index contributed by atoms with van der Waals surface area (Å²) in [4.78, 5) is 38.3. The number of carbonyl (C=O) groups excluding carboxylic acids is 2. The molecule has 9 nitrogen and oxygen atoms in total. The van der Waals surface area contributed by atoms with Crippen LogP contribution in [0, 0.1) is 17.7 Å². The molecule has 1 aliphatic carbocycles. The normalized spacial score (nSPS) is 26.0. The largest absolute Gasteiger partial charge is 0.345 e. The maximum atomic E-state index is 14.2. The predicted octanol–water partition coefficient (Wildman–Crippen LogP) is 4.00. The van der Waals surface area contributed by atoms with Crippen LogP contribution in [0.1, 0.15) is 56.0 Å². The van der Waals surface area contributed by atoms with Gasteiger partial charge in [-0.25, -0.2) is 12.8 Å². The number of fused-ring (bicyclic) bond motifs is 2. The van der Waals surface area contributed by atoms with Crippen molar-refractivity contribution in [2.45, 2.75) is 45.4 Å². The topological polar surface area (TPSA) is 142 Å². The lowest BCUT2D eigenvalue weighted by Crippen LogP contribution is -2.51. The van der Waals surface area contributed by atoms with Crippen molar-refractivity contribution in [3.05, 3.63) is 53.3 Å². The zero-order valence-corrected chi connectivity index (χ0v) is 22.6. The number of Topliss-reactive ketones (excluding diaryl/α,β-unsaturated/α-hetero) is 2. The van der Waals surface area contributed by atoms with Crippen molar-refractivity contribution in [1.82, 2.24) is 0 Å². The number of hydrogen-bond acceptors (Lipinski definition) is 6. The number of amidine groups is 1. The smallest absolute Gasteiger partial charge is 0.342 e. The van der Waals surface area contributed by atoms with Crippen LogP contribution in [0.3, 0.4) is 0 Å². The molecule has 37 heavy (non-hydrogen) atoms. The van der Waals surface area contributed by atoms with Crippen molar-refractivity contribution in [2.75, 3.05) is 16.3 Å². The number of nitrogens with zero attached hydrogens (tertiary/aromatic N) is 1. The van der Waals surface area contributed by atoms with E-state index in [4.69, 9.17) is 0 Å². The summed E-state index contributed by atoms with van der Waals surface area (Å²) in [6.45, 7) is 5.81. The van der Waals surface area contributed by atoms with Crippen molar-refractivity contribution < 1.29 is 31.9 Å². The molecule has 4 atom stereocenters. The van der Waals surface area contributed by atoms with E-state index >= 15 is 0 Å². The van der Waals surface area contributed by atoms with E-state index in [1.54, 1.807) is 6.92 Å². The van der Waals surface area contributed by atoms with Crippen molar-refractivity contribution in [3.8, 4) is 0 Å². The molecule has 0 saturated heterocycles. The van der Waals surface area contributed by atoms with Gasteiger partial charge in [-0.2, -0.15) is 4.76 Å². The maximum absolute atomic E-state index is 14.2. The number of anilines is 2. The molecule has 2 aromatic carbocycles. The molecular formula is C25H29FN3O6PS. The second-order valence-electron chi connectivity index (χ2n) is 10.00. The highest BCUT2D eigenvalue weighted by Gasteiger charge is 2.52. The Morgan fingerprint density at radius 1 is 1.24 bits per heavy atom. The Bertz CT molecular complexity index is 1490. The minimum absolute atomic E-state index is 0.0482. The Balaban J connectivity index is 1.79. The fourth-order valence-corrected chi connectivity index (χ4v) is 6.69. The van der Waals surface area contributed by atoms with Crippen LogP contribution < -0.4 is 15.3 Å². The third-order valence-corrected chi connectivity index (χ3v) is 9.23. The lowest BCUT2D eigenvalue weighted by Gasteiger charge is -2.39. The Morgan fingerprint density at radius 2 is 1.95 bits per heavy atom. The van der Waals surface area contributed by atoms with Crippen LogP contribution in [0.5, 0.6) is 0 Å². The Kier molecular flexibility index (Phi) is 6.94. The van der Waals surface area contributed by atoms with E-state index in [9.17, 15) is 31.9 Å². The fourth-order valence-electron chi connectivity index (χ4n) is 4.82. The van der Waals surface area contributed by atoms with Crippen LogP contribution in [0.25, 0.3) is 0 Å². The molecule has 4 rings (SSSR count). The van der Waals surface area contributed by atoms with Crippen molar-refractivity contribution in [3.63, 3.8) is 0 Å². The van der Waals surface area contributed by atoms with Gasteiger partial charge in [0.2, 0.25) is 10.0 Å². The van der Waals surface area contributed by atoms with Crippen LogP contribution in [-0.4, -0.2) is 37.0 Å². The summed E-state index contributed by atoms with van der Waals surface area (Å²) in [7, 11) is -8.14. The molecule has 0 saturated carbocycles.